The van der Waals surface area contributed by atoms with Crippen molar-refractivity contribution in [1.82, 2.24) is 0 Å². The van der Waals surface area contributed by atoms with Crippen LogP contribution in [0, 0.1) is 11.8 Å². The van der Waals surface area contributed by atoms with Gasteiger partial charge in [-0.2, -0.15) is 0 Å². The normalized spacial score (nSPS) is 21.8. The third-order valence-electron chi connectivity index (χ3n) is 5.86. The van der Waals surface area contributed by atoms with Crippen molar-refractivity contribution in [3.63, 3.8) is 0 Å². The van der Waals surface area contributed by atoms with E-state index in [2.05, 4.69) is 25.7 Å². The van der Waals surface area contributed by atoms with Gasteiger partial charge in [-0.05, 0) is 68.1 Å². The van der Waals surface area contributed by atoms with Gasteiger partial charge in [-0.3, -0.25) is 4.79 Å². The lowest BCUT2D eigenvalue weighted by Gasteiger charge is -2.21. The molecule has 1 fully saturated rings. The number of aliphatic hydroxyl groups excluding tert-OH is 1. The number of allylic oxidation sites excluding steroid dienone is 2. The van der Waals surface area contributed by atoms with E-state index in [1.807, 2.05) is 24.3 Å². The number of aliphatic hydroxyl groups is 1. The van der Waals surface area contributed by atoms with Crippen molar-refractivity contribution >= 4 is 17.6 Å². The summed E-state index contributed by atoms with van der Waals surface area (Å²) >= 11 is 6.58. The van der Waals surface area contributed by atoms with Gasteiger partial charge in [0.05, 0.1) is 12.7 Å². The third-order valence-corrected chi connectivity index (χ3v) is 6.41. The van der Waals surface area contributed by atoms with E-state index in [4.69, 9.17) is 21.1 Å². The fourth-order valence-electron chi connectivity index (χ4n) is 4.03. The van der Waals surface area contributed by atoms with Crippen molar-refractivity contribution in [3.05, 3.63) is 54.6 Å². The summed E-state index contributed by atoms with van der Waals surface area (Å²) in [5, 5.41) is 10.3. The zero-order valence-corrected chi connectivity index (χ0v) is 19.4. The lowest BCUT2D eigenvalue weighted by atomic mass is 9.93. The Morgan fingerprint density at radius 1 is 1.29 bits per heavy atom. The first-order chi connectivity index (χ1) is 15.0. The molecule has 0 aliphatic heterocycles. The predicted molar refractivity (Wildman–Crippen MR) is 126 cm³/mol. The molecule has 1 unspecified atom stereocenters. The summed E-state index contributed by atoms with van der Waals surface area (Å²) < 4.78 is 11.0. The number of rotatable bonds is 14. The molecule has 1 saturated carbocycles. The minimum absolute atomic E-state index is 0.171. The van der Waals surface area contributed by atoms with E-state index < -0.39 is 6.10 Å². The van der Waals surface area contributed by atoms with Crippen molar-refractivity contribution in [2.45, 2.75) is 69.8 Å². The molecule has 0 spiro atoms. The van der Waals surface area contributed by atoms with Crippen LogP contribution in [-0.4, -0.2) is 29.7 Å². The molecular weight excluding hydrogens is 412 g/mol. The van der Waals surface area contributed by atoms with Gasteiger partial charge in [0.2, 0.25) is 0 Å². The highest BCUT2D eigenvalue weighted by atomic mass is 35.5. The molecule has 4 atom stereocenters. The number of benzene rings is 1. The van der Waals surface area contributed by atoms with Crippen LogP contribution in [0.5, 0.6) is 5.75 Å². The highest BCUT2D eigenvalue weighted by Gasteiger charge is 2.34. The average molecular weight is 449 g/mol. The molecular formula is C26H37ClO4. The van der Waals surface area contributed by atoms with E-state index in [-0.39, 0.29) is 18.0 Å². The molecule has 31 heavy (non-hydrogen) atoms. The first kappa shape index (κ1) is 25.5. The molecule has 1 aliphatic rings. The maximum absolute atomic E-state index is 11.5. The van der Waals surface area contributed by atoms with Crippen LogP contribution < -0.4 is 4.74 Å². The Morgan fingerprint density at radius 2 is 2.06 bits per heavy atom. The standard InChI is InChI=1S/C26H37ClO4/c1-3-9-25(28)20-12-15-22(16-13-20)31-19-21-14-17-24(27)23(21)10-7-5-6-8-11-26(29)30-18-4-2/h4-5,7,12-13,15-16,21,23-25,28H,2-3,6,8-11,14,17-19H2,1H3/b7-5-/t21-,23-,24-,25?/m1/s1. The average Bonchev–Trinajstić information content (AvgIpc) is 3.13. The molecule has 0 amide bonds. The molecule has 4 nitrogen and oxygen atoms in total. The fourth-order valence-corrected chi connectivity index (χ4v) is 4.47. The molecule has 1 aromatic rings. The molecule has 1 aliphatic carbocycles. The van der Waals surface area contributed by atoms with Crippen molar-refractivity contribution in [1.29, 1.82) is 0 Å². The Balaban J connectivity index is 1.72. The Bertz CT molecular complexity index is 685. The Kier molecular flexibility index (Phi) is 11.8. The summed E-state index contributed by atoms with van der Waals surface area (Å²) in [5.74, 6) is 1.51. The maximum Gasteiger partial charge on any atom is 0.306 e. The SMILES string of the molecule is C=CCOC(=O)CCC/C=C\C[C@@H]1[C@@H](COc2ccc(C(O)CCC)cc2)CC[C@H]1Cl. The molecule has 0 radical (unpaired) electrons. The van der Waals surface area contributed by atoms with Gasteiger partial charge in [0.1, 0.15) is 12.4 Å². The number of carbonyl (C=O) groups excluding carboxylic acids is 1. The Hall–Kier alpha value is -1.78. The van der Waals surface area contributed by atoms with E-state index in [0.29, 0.717) is 24.9 Å². The molecule has 0 saturated heterocycles. The van der Waals surface area contributed by atoms with Crippen molar-refractivity contribution in [2.24, 2.45) is 11.8 Å². The highest BCUT2D eigenvalue weighted by Crippen LogP contribution is 2.38. The zero-order valence-electron chi connectivity index (χ0n) is 18.7. The number of halogens is 1. The van der Waals surface area contributed by atoms with Crippen molar-refractivity contribution in [3.8, 4) is 5.75 Å². The number of unbranched alkanes of at least 4 members (excludes halogenated alkanes) is 1. The van der Waals surface area contributed by atoms with Gasteiger partial charge in [0.25, 0.3) is 0 Å². The second-order valence-corrected chi connectivity index (χ2v) is 8.83. The lowest BCUT2D eigenvalue weighted by molar-refractivity contribution is -0.142. The number of hydrogen-bond donors (Lipinski definition) is 1. The van der Waals surface area contributed by atoms with Crippen LogP contribution in [0.15, 0.2) is 49.1 Å². The van der Waals surface area contributed by atoms with Gasteiger partial charge < -0.3 is 14.6 Å². The number of ether oxygens (including phenoxy) is 2. The van der Waals surface area contributed by atoms with Gasteiger partial charge in [0, 0.05) is 11.8 Å². The minimum atomic E-state index is -0.403. The summed E-state index contributed by atoms with van der Waals surface area (Å²) in [5.41, 5.74) is 0.938. The first-order valence-corrected chi connectivity index (χ1v) is 11.9. The number of alkyl halides is 1. The molecule has 172 valence electrons. The number of carbonyl (C=O) groups is 1. The second kappa shape index (κ2) is 14.3. The van der Waals surface area contributed by atoms with Crippen molar-refractivity contribution < 1.29 is 19.4 Å². The van der Waals surface area contributed by atoms with Gasteiger partial charge in [-0.25, -0.2) is 0 Å². The molecule has 2 rings (SSSR count). The van der Waals surface area contributed by atoms with Gasteiger partial charge >= 0.3 is 5.97 Å². The van der Waals surface area contributed by atoms with Crippen LogP contribution in [0.25, 0.3) is 0 Å². The smallest absolute Gasteiger partial charge is 0.306 e. The third kappa shape index (κ3) is 9.08. The van der Waals surface area contributed by atoms with Crippen LogP contribution in [0.3, 0.4) is 0 Å². The molecule has 0 aromatic heterocycles. The molecule has 1 aromatic carbocycles. The maximum atomic E-state index is 11.5. The Labute approximate surface area is 192 Å². The summed E-state index contributed by atoms with van der Waals surface area (Å²) in [6.45, 7) is 6.54. The molecule has 5 heteroatoms. The number of hydrogen-bond acceptors (Lipinski definition) is 4. The van der Waals surface area contributed by atoms with E-state index in [0.717, 1.165) is 56.3 Å². The van der Waals surface area contributed by atoms with Crippen LogP contribution in [-0.2, 0) is 9.53 Å². The Morgan fingerprint density at radius 3 is 2.77 bits per heavy atom. The van der Waals surface area contributed by atoms with Gasteiger partial charge in [-0.15, -0.1) is 11.6 Å². The monoisotopic (exact) mass is 448 g/mol. The summed E-state index contributed by atoms with van der Waals surface area (Å²) in [6.07, 6.45) is 12.4. The van der Waals surface area contributed by atoms with E-state index in [1.165, 1.54) is 0 Å². The highest BCUT2D eigenvalue weighted by molar-refractivity contribution is 6.21. The summed E-state index contributed by atoms with van der Waals surface area (Å²) in [4.78, 5) is 11.5. The van der Waals surface area contributed by atoms with E-state index in [9.17, 15) is 9.90 Å². The topological polar surface area (TPSA) is 55.8 Å². The van der Waals surface area contributed by atoms with Crippen LogP contribution >= 0.6 is 11.6 Å². The van der Waals surface area contributed by atoms with E-state index in [1.54, 1.807) is 6.08 Å². The largest absolute Gasteiger partial charge is 0.493 e. The minimum Gasteiger partial charge on any atom is -0.493 e. The first-order valence-electron chi connectivity index (χ1n) is 11.5. The van der Waals surface area contributed by atoms with Crippen LogP contribution in [0.4, 0.5) is 0 Å². The zero-order chi connectivity index (χ0) is 22.5. The van der Waals surface area contributed by atoms with Gasteiger partial charge in [-0.1, -0.05) is 50.3 Å². The second-order valence-electron chi connectivity index (χ2n) is 8.27. The van der Waals surface area contributed by atoms with E-state index >= 15 is 0 Å². The van der Waals surface area contributed by atoms with Crippen LogP contribution in [0.1, 0.15) is 70.0 Å². The predicted octanol–water partition coefficient (Wildman–Crippen LogP) is 6.38. The molecule has 0 bridgehead atoms. The summed E-state index contributed by atoms with van der Waals surface area (Å²) in [6, 6.07) is 7.77. The molecule has 1 N–H and O–H groups in total. The van der Waals surface area contributed by atoms with Crippen LogP contribution in [0.2, 0.25) is 0 Å². The molecule has 0 heterocycles. The number of esters is 1. The summed E-state index contributed by atoms with van der Waals surface area (Å²) in [7, 11) is 0. The van der Waals surface area contributed by atoms with Crippen molar-refractivity contribution in [2.75, 3.05) is 13.2 Å². The van der Waals surface area contributed by atoms with Gasteiger partial charge in [0.15, 0.2) is 0 Å². The quantitative estimate of drug-likeness (QED) is 0.155. The lowest BCUT2D eigenvalue weighted by Crippen LogP contribution is -2.20. The fraction of sp³-hybridized carbons (Fsp3) is 0.577.